The minimum absolute atomic E-state index is 0.0814. The van der Waals surface area contributed by atoms with Crippen LogP contribution in [0.2, 0.25) is 0 Å². The molecule has 0 atom stereocenters. The van der Waals surface area contributed by atoms with Crippen molar-refractivity contribution in [3.05, 3.63) is 58.8 Å². The topological polar surface area (TPSA) is 105 Å². The molecule has 0 aliphatic heterocycles. The maximum Gasteiger partial charge on any atom is 0.219 e. The number of hydrogen-bond donors (Lipinski definition) is 2. The predicted molar refractivity (Wildman–Crippen MR) is 113 cm³/mol. The molecule has 0 radical (unpaired) electrons. The zero-order chi connectivity index (χ0) is 20.5. The van der Waals surface area contributed by atoms with Gasteiger partial charge in [0.2, 0.25) is 5.88 Å². The van der Waals surface area contributed by atoms with Crippen LogP contribution in [-0.2, 0) is 6.54 Å². The standard InChI is InChI=1S/C20H18BrFN6O/c1-11-3-2-4-15(27-11)29-14-6-5-12(9-13(14)22)16-17-19(24)25-10-26-20(17)28(8-7-23)18(16)21/h2-6,9-10H,7-8,23H2,1H3,(H2,24,25,26). The first kappa shape index (κ1) is 19.3. The number of benzene rings is 1. The Bertz CT molecular complexity index is 1210. The van der Waals surface area contributed by atoms with Crippen molar-refractivity contribution in [3.63, 3.8) is 0 Å². The molecular formula is C20H18BrFN6O. The Kier molecular flexibility index (Phi) is 5.16. The van der Waals surface area contributed by atoms with Crippen LogP contribution in [0.25, 0.3) is 22.2 Å². The number of ether oxygens (including phenoxy) is 1. The Labute approximate surface area is 174 Å². The monoisotopic (exact) mass is 456 g/mol. The fourth-order valence-corrected chi connectivity index (χ4v) is 3.96. The van der Waals surface area contributed by atoms with Crippen molar-refractivity contribution in [2.45, 2.75) is 13.5 Å². The summed E-state index contributed by atoms with van der Waals surface area (Å²) in [5, 5.41) is 0.640. The number of hydrogen-bond acceptors (Lipinski definition) is 6. The molecule has 29 heavy (non-hydrogen) atoms. The molecule has 4 rings (SSSR count). The van der Waals surface area contributed by atoms with Gasteiger partial charge in [0.15, 0.2) is 11.6 Å². The lowest BCUT2D eigenvalue weighted by Gasteiger charge is -2.09. The number of fused-ring (bicyclic) bond motifs is 1. The first-order valence-electron chi connectivity index (χ1n) is 8.89. The van der Waals surface area contributed by atoms with E-state index >= 15 is 0 Å². The summed E-state index contributed by atoms with van der Waals surface area (Å²) in [6.45, 7) is 2.78. The first-order chi connectivity index (χ1) is 14.0. The maximum absolute atomic E-state index is 14.9. The zero-order valence-corrected chi connectivity index (χ0v) is 17.1. The number of rotatable bonds is 5. The lowest BCUT2D eigenvalue weighted by Crippen LogP contribution is -2.10. The van der Waals surface area contributed by atoms with Crippen LogP contribution in [0.4, 0.5) is 10.2 Å². The van der Waals surface area contributed by atoms with Gasteiger partial charge in [0, 0.05) is 30.4 Å². The van der Waals surface area contributed by atoms with E-state index < -0.39 is 5.82 Å². The molecule has 0 spiro atoms. The lowest BCUT2D eigenvalue weighted by molar-refractivity contribution is 0.427. The minimum Gasteiger partial charge on any atom is -0.436 e. The molecule has 9 heteroatoms. The van der Waals surface area contributed by atoms with Gasteiger partial charge in [-0.2, -0.15) is 0 Å². The van der Waals surface area contributed by atoms with Crippen molar-refractivity contribution >= 4 is 32.8 Å². The molecule has 0 aliphatic carbocycles. The number of aromatic nitrogens is 4. The molecule has 7 nitrogen and oxygen atoms in total. The van der Waals surface area contributed by atoms with Crippen LogP contribution >= 0.6 is 15.9 Å². The molecule has 0 amide bonds. The highest BCUT2D eigenvalue weighted by Gasteiger charge is 2.21. The highest BCUT2D eigenvalue weighted by atomic mass is 79.9. The number of anilines is 1. The molecule has 148 valence electrons. The Morgan fingerprint density at radius 1 is 1.21 bits per heavy atom. The number of nitrogens with zero attached hydrogens (tertiary/aromatic N) is 4. The van der Waals surface area contributed by atoms with Crippen LogP contribution in [0.5, 0.6) is 11.6 Å². The summed E-state index contributed by atoms with van der Waals surface area (Å²) in [5.41, 5.74) is 14.6. The second-order valence-electron chi connectivity index (χ2n) is 6.43. The summed E-state index contributed by atoms with van der Waals surface area (Å²) in [5.74, 6) is 0.201. The van der Waals surface area contributed by atoms with Crippen LogP contribution in [0.1, 0.15) is 5.69 Å². The molecule has 0 fully saturated rings. The smallest absolute Gasteiger partial charge is 0.219 e. The van der Waals surface area contributed by atoms with Crippen molar-refractivity contribution in [2.24, 2.45) is 5.73 Å². The van der Waals surface area contributed by atoms with Crippen LogP contribution in [0.3, 0.4) is 0 Å². The third kappa shape index (κ3) is 3.54. The summed E-state index contributed by atoms with van der Waals surface area (Å²) in [4.78, 5) is 12.7. The van der Waals surface area contributed by atoms with Gasteiger partial charge in [-0.3, -0.25) is 0 Å². The third-order valence-corrected chi connectivity index (χ3v) is 5.28. The summed E-state index contributed by atoms with van der Waals surface area (Å²) < 4.78 is 23.0. The van der Waals surface area contributed by atoms with E-state index in [4.69, 9.17) is 16.2 Å². The van der Waals surface area contributed by atoms with Gasteiger partial charge in [-0.1, -0.05) is 12.1 Å². The molecule has 1 aromatic carbocycles. The van der Waals surface area contributed by atoms with Crippen molar-refractivity contribution in [3.8, 4) is 22.8 Å². The van der Waals surface area contributed by atoms with Gasteiger partial charge < -0.3 is 20.8 Å². The highest BCUT2D eigenvalue weighted by Crippen LogP contribution is 2.40. The molecule has 3 heterocycles. The second kappa shape index (κ2) is 7.76. The molecule has 0 unspecified atom stereocenters. The Balaban J connectivity index is 1.81. The lowest BCUT2D eigenvalue weighted by atomic mass is 10.1. The van der Waals surface area contributed by atoms with Gasteiger partial charge in [0.1, 0.15) is 17.8 Å². The van der Waals surface area contributed by atoms with Gasteiger partial charge in [-0.25, -0.2) is 19.3 Å². The van der Waals surface area contributed by atoms with Crippen molar-refractivity contribution in [1.82, 2.24) is 19.5 Å². The number of halogens is 2. The summed E-state index contributed by atoms with van der Waals surface area (Å²) in [6.07, 6.45) is 1.40. The molecular weight excluding hydrogens is 439 g/mol. The van der Waals surface area contributed by atoms with Crippen molar-refractivity contribution in [1.29, 1.82) is 0 Å². The van der Waals surface area contributed by atoms with Crippen molar-refractivity contribution in [2.75, 3.05) is 12.3 Å². The molecule has 4 N–H and O–H groups in total. The highest BCUT2D eigenvalue weighted by molar-refractivity contribution is 9.10. The fourth-order valence-electron chi connectivity index (χ4n) is 3.19. The number of aryl methyl sites for hydroxylation is 1. The molecule has 3 aromatic heterocycles. The maximum atomic E-state index is 14.9. The summed E-state index contributed by atoms with van der Waals surface area (Å²) in [7, 11) is 0. The zero-order valence-electron chi connectivity index (χ0n) is 15.6. The average molecular weight is 457 g/mol. The average Bonchev–Trinajstić information content (AvgIpc) is 2.97. The van der Waals surface area contributed by atoms with E-state index in [9.17, 15) is 4.39 Å². The molecule has 0 saturated carbocycles. The van der Waals surface area contributed by atoms with E-state index in [-0.39, 0.29) is 5.75 Å². The second-order valence-corrected chi connectivity index (χ2v) is 7.18. The quantitative estimate of drug-likeness (QED) is 0.469. The van der Waals surface area contributed by atoms with Gasteiger partial charge in [-0.15, -0.1) is 0 Å². The third-order valence-electron chi connectivity index (χ3n) is 4.46. The molecule has 0 saturated heterocycles. The van der Waals surface area contributed by atoms with E-state index in [2.05, 4.69) is 30.9 Å². The fraction of sp³-hybridized carbons (Fsp3) is 0.150. The van der Waals surface area contributed by atoms with E-state index in [1.54, 1.807) is 24.3 Å². The minimum atomic E-state index is -0.521. The van der Waals surface area contributed by atoms with Gasteiger partial charge in [0.25, 0.3) is 0 Å². The molecule has 0 aliphatic rings. The van der Waals surface area contributed by atoms with Crippen molar-refractivity contribution < 1.29 is 9.13 Å². The largest absolute Gasteiger partial charge is 0.436 e. The number of nitrogens with two attached hydrogens (primary N) is 2. The summed E-state index contributed by atoms with van der Waals surface area (Å²) >= 11 is 3.59. The van der Waals surface area contributed by atoms with Crippen LogP contribution in [0.15, 0.2) is 47.3 Å². The molecule has 0 bridgehead atoms. The van der Waals surface area contributed by atoms with E-state index in [1.165, 1.54) is 12.4 Å². The van der Waals surface area contributed by atoms with Gasteiger partial charge in [0.05, 0.1) is 9.99 Å². The Hall–Kier alpha value is -3.04. The van der Waals surface area contributed by atoms with Crippen LogP contribution in [-0.4, -0.2) is 26.1 Å². The van der Waals surface area contributed by atoms with E-state index in [0.717, 1.165) is 5.69 Å². The van der Waals surface area contributed by atoms with E-state index in [0.29, 0.717) is 51.6 Å². The predicted octanol–water partition coefficient (Wildman–Crippen LogP) is 4.04. The molecule has 4 aromatic rings. The number of pyridine rings is 1. The van der Waals surface area contributed by atoms with E-state index in [1.807, 2.05) is 17.6 Å². The van der Waals surface area contributed by atoms with Gasteiger partial charge in [-0.05, 0) is 46.6 Å². The Morgan fingerprint density at radius 2 is 2.03 bits per heavy atom. The normalized spacial score (nSPS) is 11.2. The van der Waals surface area contributed by atoms with Gasteiger partial charge >= 0.3 is 0 Å². The summed E-state index contributed by atoms with van der Waals surface area (Å²) in [6, 6.07) is 10.0. The first-order valence-corrected chi connectivity index (χ1v) is 9.68. The Morgan fingerprint density at radius 3 is 2.76 bits per heavy atom. The van der Waals surface area contributed by atoms with Crippen LogP contribution in [0, 0.1) is 12.7 Å². The van der Waals surface area contributed by atoms with Crippen LogP contribution < -0.4 is 16.2 Å². The number of nitrogen functional groups attached to an aromatic ring is 1. The SMILES string of the molecule is Cc1cccc(Oc2ccc(-c3c(Br)n(CCN)c4ncnc(N)c34)cc2F)n1.